The van der Waals surface area contributed by atoms with Crippen molar-refractivity contribution in [2.45, 2.75) is 18.3 Å². The maximum atomic E-state index is 11.1. The van der Waals surface area contributed by atoms with Gasteiger partial charge in [0.25, 0.3) is 0 Å². The number of carbonyl (C=O) groups is 1. The third-order valence-electron chi connectivity index (χ3n) is 1.33. The van der Waals surface area contributed by atoms with Gasteiger partial charge in [0.2, 0.25) is 5.91 Å². The summed E-state index contributed by atoms with van der Waals surface area (Å²) in [5.74, 6) is 0.413. The number of aromatic nitrogens is 4. The molecular formula is C6H10BrN5O. The standard InChI is InChI=1S/C6H10BrN5O/c1-4(7)6(13)8-3-5-9-11-12(2)10-5/h4H,3H2,1-2H3,(H,8,13). The summed E-state index contributed by atoms with van der Waals surface area (Å²) in [6.07, 6.45) is 0. The number of halogens is 1. The summed E-state index contributed by atoms with van der Waals surface area (Å²) >= 11 is 3.14. The van der Waals surface area contributed by atoms with Crippen molar-refractivity contribution in [3.63, 3.8) is 0 Å². The zero-order valence-electron chi connectivity index (χ0n) is 7.36. The number of carbonyl (C=O) groups excluding carboxylic acids is 1. The number of aryl methyl sites for hydroxylation is 1. The average molecular weight is 248 g/mol. The first-order chi connectivity index (χ1) is 6.09. The van der Waals surface area contributed by atoms with Crippen LogP contribution < -0.4 is 5.32 Å². The lowest BCUT2D eigenvalue weighted by atomic mass is 10.4. The van der Waals surface area contributed by atoms with Crippen LogP contribution in [0.1, 0.15) is 12.7 Å². The Morgan fingerprint density at radius 2 is 2.46 bits per heavy atom. The van der Waals surface area contributed by atoms with E-state index in [9.17, 15) is 4.79 Å². The van der Waals surface area contributed by atoms with Crippen LogP contribution >= 0.6 is 15.9 Å². The van der Waals surface area contributed by atoms with Crippen molar-refractivity contribution in [3.8, 4) is 0 Å². The summed E-state index contributed by atoms with van der Waals surface area (Å²) in [7, 11) is 1.67. The minimum atomic E-state index is -0.204. The molecule has 72 valence electrons. The van der Waals surface area contributed by atoms with Crippen molar-refractivity contribution >= 4 is 21.8 Å². The van der Waals surface area contributed by atoms with Crippen molar-refractivity contribution in [2.24, 2.45) is 7.05 Å². The summed E-state index contributed by atoms with van der Waals surface area (Å²) in [5.41, 5.74) is 0. The number of rotatable bonds is 3. The number of amides is 1. The first-order valence-electron chi connectivity index (χ1n) is 3.74. The molecule has 13 heavy (non-hydrogen) atoms. The Morgan fingerprint density at radius 3 is 2.92 bits per heavy atom. The van der Waals surface area contributed by atoms with Crippen LogP contribution in [0.3, 0.4) is 0 Å². The molecule has 0 radical (unpaired) electrons. The summed E-state index contributed by atoms with van der Waals surface area (Å²) in [6, 6.07) is 0. The second kappa shape index (κ2) is 4.31. The lowest BCUT2D eigenvalue weighted by Crippen LogP contribution is -2.29. The average Bonchev–Trinajstić information content (AvgIpc) is 2.47. The van der Waals surface area contributed by atoms with E-state index < -0.39 is 0 Å². The van der Waals surface area contributed by atoms with Gasteiger partial charge >= 0.3 is 0 Å². The number of nitrogens with zero attached hydrogens (tertiary/aromatic N) is 4. The van der Waals surface area contributed by atoms with Crippen molar-refractivity contribution in [2.75, 3.05) is 0 Å². The van der Waals surface area contributed by atoms with E-state index in [-0.39, 0.29) is 10.7 Å². The van der Waals surface area contributed by atoms with E-state index in [0.717, 1.165) is 0 Å². The predicted molar refractivity (Wildman–Crippen MR) is 49.0 cm³/mol. The van der Waals surface area contributed by atoms with Crippen LogP contribution in [0.15, 0.2) is 0 Å². The highest BCUT2D eigenvalue weighted by molar-refractivity contribution is 9.10. The Morgan fingerprint density at radius 1 is 1.77 bits per heavy atom. The highest BCUT2D eigenvalue weighted by Crippen LogP contribution is 1.96. The summed E-state index contributed by atoms with van der Waals surface area (Å²) in [6.45, 7) is 2.06. The molecule has 1 unspecified atom stereocenters. The normalized spacial score (nSPS) is 12.5. The fourth-order valence-corrected chi connectivity index (χ4v) is 0.863. The highest BCUT2D eigenvalue weighted by atomic mass is 79.9. The second-order valence-electron chi connectivity index (χ2n) is 2.53. The number of alkyl halides is 1. The van der Waals surface area contributed by atoms with Gasteiger partial charge in [-0.3, -0.25) is 4.79 Å². The van der Waals surface area contributed by atoms with Gasteiger partial charge in [-0.25, -0.2) is 0 Å². The lowest BCUT2D eigenvalue weighted by molar-refractivity contribution is -0.120. The van der Waals surface area contributed by atoms with Crippen molar-refractivity contribution < 1.29 is 4.79 Å². The lowest BCUT2D eigenvalue weighted by Gasteiger charge is -2.02. The van der Waals surface area contributed by atoms with Crippen LogP contribution in [0.25, 0.3) is 0 Å². The van der Waals surface area contributed by atoms with Crippen LogP contribution in [-0.2, 0) is 18.4 Å². The molecule has 1 atom stereocenters. The van der Waals surface area contributed by atoms with Gasteiger partial charge in [-0.1, -0.05) is 15.9 Å². The molecule has 0 aliphatic carbocycles. The molecule has 6 nitrogen and oxygen atoms in total. The SMILES string of the molecule is CC(Br)C(=O)NCc1nnn(C)n1. The fourth-order valence-electron chi connectivity index (χ4n) is 0.701. The van der Waals surface area contributed by atoms with Gasteiger partial charge < -0.3 is 5.32 Å². The van der Waals surface area contributed by atoms with Crippen LogP contribution in [0.5, 0.6) is 0 Å². The molecule has 1 aromatic rings. The van der Waals surface area contributed by atoms with E-state index in [0.29, 0.717) is 12.4 Å². The van der Waals surface area contributed by atoms with E-state index in [4.69, 9.17) is 0 Å². The van der Waals surface area contributed by atoms with Gasteiger partial charge in [-0.05, 0) is 12.1 Å². The zero-order chi connectivity index (χ0) is 9.84. The smallest absolute Gasteiger partial charge is 0.233 e. The Labute approximate surface area is 83.8 Å². The molecule has 0 aliphatic rings. The van der Waals surface area contributed by atoms with Crippen LogP contribution in [-0.4, -0.2) is 30.9 Å². The largest absolute Gasteiger partial charge is 0.348 e. The Kier molecular flexibility index (Phi) is 3.35. The molecule has 1 aromatic heterocycles. The molecule has 1 amide bonds. The van der Waals surface area contributed by atoms with Gasteiger partial charge in [0.05, 0.1) is 18.4 Å². The summed E-state index contributed by atoms with van der Waals surface area (Å²) in [5, 5.41) is 13.9. The molecule has 1 N–H and O–H groups in total. The van der Waals surface area contributed by atoms with E-state index in [1.165, 1.54) is 4.80 Å². The maximum absolute atomic E-state index is 11.1. The van der Waals surface area contributed by atoms with Crippen molar-refractivity contribution in [3.05, 3.63) is 5.82 Å². The van der Waals surface area contributed by atoms with Crippen molar-refractivity contribution in [1.29, 1.82) is 0 Å². The molecule has 0 bridgehead atoms. The van der Waals surface area contributed by atoms with Crippen LogP contribution in [0.4, 0.5) is 0 Å². The molecule has 0 saturated heterocycles. The third-order valence-corrected chi connectivity index (χ3v) is 1.75. The molecule has 0 aromatic carbocycles. The molecule has 7 heteroatoms. The van der Waals surface area contributed by atoms with Gasteiger partial charge in [-0.15, -0.1) is 10.2 Å². The zero-order valence-corrected chi connectivity index (χ0v) is 8.95. The number of tetrazole rings is 1. The first kappa shape index (κ1) is 10.1. The van der Waals surface area contributed by atoms with E-state index in [1.807, 2.05) is 0 Å². The number of hydrogen-bond acceptors (Lipinski definition) is 4. The molecule has 0 aliphatic heterocycles. The Balaban J connectivity index is 2.39. The third kappa shape index (κ3) is 3.10. The predicted octanol–water partition coefficient (Wildman–Crippen LogP) is -0.390. The van der Waals surface area contributed by atoms with E-state index in [2.05, 4.69) is 36.7 Å². The van der Waals surface area contributed by atoms with Gasteiger partial charge in [0, 0.05) is 0 Å². The van der Waals surface area contributed by atoms with E-state index in [1.54, 1.807) is 14.0 Å². The Bertz CT molecular complexity index is 297. The second-order valence-corrected chi connectivity index (χ2v) is 3.90. The molecule has 0 spiro atoms. The van der Waals surface area contributed by atoms with Crippen LogP contribution in [0, 0.1) is 0 Å². The first-order valence-corrected chi connectivity index (χ1v) is 4.66. The highest BCUT2D eigenvalue weighted by Gasteiger charge is 2.08. The molecule has 1 rings (SSSR count). The summed E-state index contributed by atoms with van der Waals surface area (Å²) < 4.78 is 0. The molecule has 0 fully saturated rings. The van der Waals surface area contributed by atoms with Crippen molar-refractivity contribution in [1.82, 2.24) is 25.5 Å². The Hall–Kier alpha value is -0.980. The van der Waals surface area contributed by atoms with Gasteiger partial charge in [-0.2, -0.15) is 4.80 Å². The maximum Gasteiger partial charge on any atom is 0.233 e. The quantitative estimate of drug-likeness (QED) is 0.739. The van der Waals surface area contributed by atoms with Gasteiger partial charge in [0.1, 0.15) is 0 Å². The minimum Gasteiger partial charge on any atom is -0.348 e. The number of hydrogen-bond donors (Lipinski definition) is 1. The summed E-state index contributed by atoms with van der Waals surface area (Å²) in [4.78, 5) is 12.2. The van der Waals surface area contributed by atoms with Gasteiger partial charge in [0.15, 0.2) is 5.82 Å². The molecule has 0 saturated carbocycles. The minimum absolute atomic E-state index is 0.0903. The fraction of sp³-hybridized carbons (Fsp3) is 0.667. The monoisotopic (exact) mass is 247 g/mol. The van der Waals surface area contributed by atoms with E-state index >= 15 is 0 Å². The van der Waals surface area contributed by atoms with Crippen LogP contribution in [0.2, 0.25) is 0 Å². The topological polar surface area (TPSA) is 72.7 Å². The number of nitrogens with one attached hydrogen (secondary N) is 1. The molecular weight excluding hydrogens is 238 g/mol. The molecule has 1 heterocycles.